The molecule has 0 aliphatic carbocycles. The molecule has 0 unspecified atom stereocenters. The summed E-state index contributed by atoms with van der Waals surface area (Å²) in [6.45, 7) is 6.38. The summed E-state index contributed by atoms with van der Waals surface area (Å²) < 4.78 is 1.09. The molecule has 0 amide bonds. The zero-order chi connectivity index (χ0) is 10.3. The minimum atomic E-state index is 0.0308. The van der Waals surface area contributed by atoms with E-state index in [1.807, 2.05) is 6.07 Å². The molecule has 0 saturated carbocycles. The SMILES string of the molecule is CC(C)(C)c1nc2cc([O])ccc2s1. The first-order valence-electron chi connectivity index (χ1n) is 4.55. The van der Waals surface area contributed by atoms with Crippen LogP contribution in [-0.4, -0.2) is 4.98 Å². The maximum absolute atomic E-state index is 11.1. The molecule has 2 rings (SSSR count). The van der Waals surface area contributed by atoms with Crippen molar-refractivity contribution in [1.82, 2.24) is 4.98 Å². The normalized spacial score (nSPS) is 12.2. The molecule has 1 heterocycles. The van der Waals surface area contributed by atoms with Crippen LogP contribution >= 0.6 is 11.3 Å². The van der Waals surface area contributed by atoms with E-state index < -0.39 is 0 Å². The number of rotatable bonds is 0. The number of hydrogen-bond acceptors (Lipinski definition) is 2. The van der Waals surface area contributed by atoms with Crippen molar-refractivity contribution in [2.24, 2.45) is 0 Å². The van der Waals surface area contributed by atoms with Crippen LogP contribution in [0.15, 0.2) is 18.2 Å². The quantitative estimate of drug-likeness (QED) is 0.646. The van der Waals surface area contributed by atoms with Gasteiger partial charge in [-0.2, -0.15) is 0 Å². The van der Waals surface area contributed by atoms with Crippen LogP contribution in [0, 0.1) is 0 Å². The van der Waals surface area contributed by atoms with E-state index in [-0.39, 0.29) is 11.2 Å². The molecule has 3 heteroatoms. The van der Waals surface area contributed by atoms with Crippen molar-refractivity contribution in [2.75, 3.05) is 0 Å². The Hall–Kier alpha value is -1.09. The van der Waals surface area contributed by atoms with Gasteiger partial charge in [-0.15, -0.1) is 11.3 Å². The van der Waals surface area contributed by atoms with Crippen LogP contribution in [0.2, 0.25) is 0 Å². The maximum Gasteiger partial charge on any atom is 0.180 e. The summed E-state index contributed by atoms with van der Waals surface area (Å²) >= 11 is 1.66. The van der Waals surface area contributed by atoms with Crippen molar-refractivity contribution in [1.29, 1.82) is 0 Å². The Kier molecular flexibility index (Phi) is 2.00. The predicted molar refractivity (Wildman–Crippen MR) is 58.5 cm³/mol. The van der Waals surface area contributed by atoms with Crippen LogP contribution in [0.1, 0.15) is 25.8 Å². The van der Waals surface area contributed by atoms with Crippen molar-refractivity contribution < 1.29 is 5.11 Å². The Labute approximate surface area is 87.2 Å². The van der Waals surface area contributed by atoms with E-state index >= 15 is 0 Å². The van der Waals surface area contributed by atoms with Crippen LogP contribution in [0.4, 0.5) is 0 Å². The molecule has 0 bridgehead atoms. The fourth-order valence-corrected chi connectivity index (χ4v) is 2.23. The average molecular weight is 206 g/mol. The fraction of sp³-hybridized carbons (Fsp3) is 0.364. The highest BCUT2D eigenvalue weighted by Crippen LogP contribution is 2.32. The van der Waals surface area contributed by atoms with Gasteiger partial charge in [-0.1, -0.05) is 20.8 Å². The number of aromatic nitrogens is 1. The number of hydrogen-bond donors (Lipinski definition) is 0. The molecule has 0 N–H and O–H groups in total. The van der Waals surface area contributed by atoms with E-state index in [4.69, 9.17) is 0 Å². The van der Waals surface area contributed by atoms with Crippen LogP contribution in [0.3, 0.4) is 0 Å². The molecule has 1 aromatic heterocycles. The zero-order valence-electron chi connectivity index (χ0n) is 8.50. The molecule has 1 aromatic carbocycles. The fourth-order valence-electron chi connectivity index (χ4n) is 1.23. The summed E-state index contributed by atoms with van der Waals surface area (Å²) in [6, 6.07) is 5.04. The Morgan fingerprint density at radius 1 is 1.29 bits per heavy atom. The largest absolute Gasteiger partial charge is 0.290 e. The summed E-state index contributed by atoms with van der Waals surface area (Å²) in [5.74, 6) is 0.0308. The maximum atomic E-state index is 11.1. The van der Waals surface area contributed by atoms with Crippen LogP contribution < -0.4 is 0 Å². The van der Waals surface area contributed by atoms with Gasteiger partial charge < -0.3 is 0 Å². The van der Waals surface area contributed by atoms with Gasteiger partial charge in [0, 0.05) is 11.5 Å². The monoisotopic (exact) mass is 206 g/mol. The van der Waals surface area contributed by atoms with Gasteiger partial charge in [0.25, 0.3) is 0 Å². The number of fused-ring (bicyclic) bond motifs is 1. The first-order chi connectivity index (χ1) is 6.47. The summed E-state index contributed by atoms with van der Waals surface area (Å²) in [4.78, 5) is 4.46. The van der Waals surface area contributed by atoms with E-state index in [1.54, 1.807) is 23.5 Å². The first kappa shape index (κ1) is 9.46. The minimum Gasteiger partial charge on any atom is -0.290 e. The highest BCUT2D eigenvalue weighted by molar-refractivity contribution is 7.18. The Balaban J connectivity index is 2.63. The lowest BCUT2D eigenvalue weighted by Gasteiger charge is -2.13. The molecule has 1 radical (unpaired) electrons. The van der Waals surface area contributed by atoms with Crippen molar-refractivity contribution >= 4 is 21.6 Å². The third-order valence-electron chi connectivity index (χ3n) is 2.00. The predicted octanol–water partition coefficient (Wildman–Crippen LogP) is 3.74. The Morgan fingerprint density at radius 2 is 2.00 bits per heavy atom. The second kappa shape index (κ2) is 2.95. The standard InChI is InChI=1S/C11H12NOS/c1-11(2,3)10-12-8-6-7(13)4-5-9(8)14-10/h4-6H,1-3H3. The van der Waals surface area contributed by atoms with Gasteiger partial charge in [0.1, 0.15) is 0 Å². The molecule has 0 saturated heterocycles. The number of nitrogens with zero attached hydrogens (tertiary/aromatic N) is 1. The van der Waals surface area contributed by atoms with Gasteiger partial charge in [0.15, 0.2) is 5.75 Å². The van der Waals surface area contributed by atoms with Gasteiger partial charge in [-0.05, 0) is 12.1 Å². The molecular weight excluding hydrogens is 194 g/mol. The van der Waals surface area contributed by atoms with E-state index in [0.29, 0.717) is 0 Å². The van der Waals surface area contributed by atoms with Gasteiger partial charge in [0.05, 0.1) is 15.2 Å². The molecule has 2 aromatic rings. The van der Waals surface area contributed by atoms with Gasteiger partial charge in [-0.3, -0.25) is 5.11 Å². The molecule has 0 spiro atoms. The third-order valence-corrected chi connectivity index (χ3v) is 3.46. The van der Waals surface area contributed by atoms with Crippen LogP contribution in [-0.2, 0) is 10.5 Å². The van der Waals surface area contributed by atoms with Crippen LogP contribution in [0.25, 0.3) is 10.2 Å². The molecule has 73 valence electrons. The number of benzene rings is 1. The van der Waals surface area contributed by atoms with Crippen molar-refractivity contribution in [3.8, 4) is 5.75 Å². The summed E-state index contributed by atoms with van der Waals surface area (Å²) in [7, 11) is 0. The number of thiazole rings is 1. The summed E-state index contributed by atoms with van der Waals surface area (Å²) in [6.07, 6.45) is 0. The molecule has 14 heavy (non-hydrogen) atoms. The Bertz CT molecular complexity index is 468. The highest BCUT2D eigenvalue weighted by atomic mass is 32.1. The van der Waals surface area contributed by atoms with E-state index in [0.717, 1.165) is 15.2 Å². The third kappa shape index (κ3) is 1.60. The lowest BCUT2D eigenvalue weighted by Crippen LogP contribution is -2.09. The smallest absolute Gasteiger partial charge is 0.180 e. The van der Waals surface area contributed by atoms with Crippen molar-refractivity contribution in [3.63, 3.8) is 0 Å². The van der Waals surface area contributed by atoms with Crippen molar-refractivity contribution in [3.05, 3.63) is 23.2 Å². The minimum absolute atomic E-state index is 0.0308. The van der Waals surface area contributed by atoms with Crippen molar-refractivity contribution in [2.45, 2.75) is 26.2 Å². The molecule has 0 aliphatic rings. The van der Waals surface area contributed by atoms with Crippen LogP contribution in [0.5, 0.6) is 5.75 Å². The second-order valence-electron chi connectivity index (χ2n) is 4.40. The van der Waals surface area contributed by atoms with Gasteiger partial charge in [0.2, 0.25) is 0 Å². The second-order valence-corrected chi connectivity index (χ2v) is 5.43. The zero-order valence-corrected chi connectivity index (χ0v) is 9.31. The average Bonchev–Trinajstić information content (AvgIpc) is 2.45. The van der Waals surface area contributed by atoms with E-state index in [9.17, 15) is 5.11 Å². The van der Waals surface area contributed by atoms with Gasteiger partial charge in [-0.25, -0.2) is 4.98 Å². The Morgan fingerprint density at radius 3 is 2.64 bits per heavy atom. The van der Waals surface area contributed by atoms with E-state index in [2.05, 4.69) is 25.8 Å². The highest BCUT2D eigenvalue weighted by Gasteiger charge is 2.18. The lowest BCUT2D eigenvalue weighted by molar-refractivity contribution is 0.355. The first-order valence-corrected chi connectivity index (χ1v) is 5.36. The molecule has 0 aliphatic heterocycles. The topological polar surface area (TPSA) is 32.8 Å². The molecule has 0 fully saturated rings. The van der Waals surface area contributed by atoms with Gasteiger partial charge >= 0.3 is 0 Å². The van der Waals surface area contributed by atoms with E-state index in [1.165, 1.54) is 0 Å². The lowest BCUT2D eigenvalue weighted by atomic mass is 9.98. The molecule has 0 atom stereocenters. The summed E-state index contributed by atoms with van der Waals surface area (Å²) in [5, 5.41) is 12.2. The molecular formula is C11H12NOS. The molecule has 2 nitrogen and oxygen atoms in total. The summed E-state index contributed by atoms with van der Waals surface area (Å²) in [5.41, 5.74) is 0.889.